The number of rotatable bonds is 9. The van der Waals surface area contributed by atoms with Gasteiger partial charge in [-0.05, 0) is 174 Å². The highest BCUT2D eigenvalue weighted by molar-refractivity contribution is 6.29. The van der Waals surface area contributed by atoms with E-state index in [1.807, 2.05) is 0 Å². The quantitative estimate of drug-likeness (QED) is 0.142. The van der Waals surface area contributed by atoms with Crippen molar-refractivity contribution >= 4 is 159 Å². The van der Waals surface area contributed by atoms with Gasteiger partial charge in [0.2, 0.25) is 0 Å². The minimum absolute atomic E-state index is 0.0262. The van der Waals surface area contributed by atoms with Gasteiger partial charge in [-0.2, -0.15) is 0 Å². The zero-order valence-corrected chi connectivity index (χ0v) is 62.8. The molecule has 2 unspecified atom stereocenters. The normalized spacial score (nSPS) is 14.2. The second-order valence-electron chi connectivity index (χ2n) is 31.4. The number of fused-ring (bicyclic) bond motifs is 28. The molecule has 1 aliphatic heterocycles. The Morgan fingerprint density at radius 3 is 0.888 bits per heavy atom. The first-order valence-electron chi connectivity index (χ1n) is 40.2. The van der Waals surface area contributed by atoms with Gasteiger partial charge in [0.25, 0.3) is 0 Å². The van der Waals surface area contributed by atoms with Crippen LogP contribution in [0.15, 0.2) is 394 Å². The molecule has 0 N–H and O–H groups in total. The van der Waals surface area contributed by atoms with E-state index in [-0.39, 0.29) is 12.0 Å². The van der Waals surface area contributed by atoms with Crippen molar-refractivity contribution in [2.45, 2.75) is 12.0 Å². The van der Waals surface area contributed by atoms with Crippen LogP contribution in [0.3, 0.4) is 0 Å². The SMILES string of the molecule is C1=CC2c3ccccc3N(c3ccccc3)C2c2c1n(-c1cc(-c3cc(-n4c5ccccc5c5c4ccc4c6ccccc6n(-c6ccccc6)c45)cc(-n4c5ccccc5c5c4ccc4c6ccccc6n(-c6ccccc6)c45)c3)cc(-n3c4ccccc4c4c3ccc3c5ccccc5n(-c5ccccc5)c34)c1)c1ccccc21. The fraction of sp³-hybridized carbons (Fsp3) is 0.0185. The standard InChI is InChI=1S/C108H68N8/c1-5-29-69(30-6-1)113-89-45-21-13-37-77(89)81-53-57-97-101(105(81)113)85-41-17-25-49-93(85)109(97)73-61-67(62-74(65-73)110-94-50-26-18-42-86(94)102-98(110)58-54-82-78-38-14-22-46-90(78)114(106(82)102)70-31-7-2-8-32-70)68-63-75(111-95-51-27-19-43-87(95)103-99(111)59-55-83-79-39-15-23-47-91(79)115(107(83)103)71-33-9-3-10-34-71)66-76(64-68)112-96-52-28-20-44-88(96)104-100(112)60-56-84-80-40-16-24-48-92(80)116(108(84)104)72-35-11-4-12-36-72/h1-66,81,105H. The first-order valence-corrected chi connectivity index (χ1v) is 40.2. The van der Waals surface area contributed by atoms with E-state index in [1.54, 1.807) is 0 Å². The molecule has 0 radical (unpaired) electrons. The summed E-state index contributed by atoms with van der Waals surface area (Å²) in [6, 6.07) is 145. The van der Waals surface area contributed by atoms with Crippen LogP contribution in [0.1, 0.15) is 28.8 Å². The van der Waals surface area contributed by atoms with E-state index >= 15 is 0 Å². The molecule has 0 saturated carbocycles. The summed E-state index contributed by atoms with van der Waals surface area (Å²) in [6.07, 6.45) is 4.94. The van der Waals surface area contributed by atoms with Crippen LogP contribution in [0.25, 0.3) is 199 Å². The number of benzene rings is 17. The molecular weight excluding hydrogens is 1410 g/mol. The van der Waals surface area contributed by atoms with Gasteiger partial charge in [-0.1, -0.05) is 243 Å². The fourth-order valence-corrected chi connectivity index (χ4v) is 21.0. The smallest absolute Gasteiger partial charge is 0.0722 e. The van der Waals surface area contributed by atoms with Crippen LogP contribution in [0, 0.1) is 0 Å². The Kier molecular flexibility index (Phi) is 13.1. The van der Waals surface area contributed by atoms with Crippen molar-refractivity contribution in [2.24, 2.45) is 0 Å². The summed E-state index contributed by atoms with van der Waals surface area (Å²) in [5.74, 6) is 0.111. The number of nitrogens with zero attached hydrogens (tertiary/aromatic N) is 8. The van der Waals surface area contributed by atoms with Gasteiger partial charge in [0.1, 0.15) is 0 Å². The molecular formula is C108H68N8. The van der Waals surface area contributed by atoms with E-state index in [4.69, 9.17) is 0 Å². The Morgan fingerprint density at radius 1 is 0.198 bits per heavy atom. The van der Waals surface area contributed by atoms with Crippen molar-refractivity contribution in [3.63, 3.8) is 0 Å². The number of aromatic nitrogens is 7. The van der Waals surface area contributed by atoms with Crippen LogP contribution in [0.5, 0.6) is 0 Å². The molecule has 8 heteroatoms. The van der Waals surface area contributed by atoms with Gasteiger partial charge in [0.15, 0.2) is 0 Å². The van der Waals surface area contributed by atoms with Crippen molar-refractivity contribution in [2.75, 3.05) is 4.90 Å². The van der Waals surface area contributed by atoms with Gasteiger partial charge >= 0.3 is 0 Å². The highest BCUT2D eigenvalue weighted by Crippen LogP contribution is 2.59. The van der Waals surface area contributed by atoms with Gasteiger partial charge in [-0.25, -0.2) is 0 Å². The van der Waals surface area contributed by atoms with Crippen molar-refractivity contribution in [1.82, 2.24) is 32.0 Å². The maximum Gasteiger partial charge on any atom is 0.0722 e. The van der Waals surface area contributed by atoms with Gasteiger partial charge in [0, 0.05) is 133 Å². The molecule has 540 valence electrons. The maximum atomic E-state index is 2.61. The lowest BCUT2D eigenvalue weighted by atomic mass is 9.84. The van der Waals surface area contributed by atoms with Crippen LogP contribution in [-0.4, -0.2) is 32.0 Å². The summed E-state index contributed by atoms with van der Waals surface area (Å²) in [7, 11) is 0. The van der Waals surface area contributed by atoms with E-state index in [0.29, 0.717) is 0 Å². The summed E-state index contributed by atoms with van der Waals surface area (Å²) < 4.78 is 17.8. The molecule has 7 aromatic heterocycles. The number of para-hydroxylation sites is 12. The second-order valence-corrected chi connectivity index (χ2v) is 31.4. The van der Waals surface area contributed by atoms with E-state index in [1.165, 1.54) is 131 Å². The Morgan fingerprint density at radius 2 is 0.500 bits per heavy atom. The average Bonchev–Trinajstić information content (AvgIpc) is 1.54. The second kappa shape index (κ2) is 24.1. The zero-order chi connectivity index (χ0) is 75.5. The average molecular weight is 1480 g/mol. The van der Waals surface area contributed by atoms with E-state index < -0.39 is 0 Å². The summed E-state index contributed by atoms with van der Waals surface area (Å²) >= 11 is 0. The number of hydrogen-bond acceptors (Lipinski definition) is 1. The predicted octanol–water partition coefficient (Wildman–Crippen LogP) is 27.9. The molecule has 8 heterocycles. The number of hydrogen-bond donors (Lipinski definition) is 0. The first kappa shape index (κ1) is 63.3. The lowest BCUT2D eigenvalue weighted by molar-refractivity contribution is 0.669. The molecule has 2 aliphatic rings. The third kappa shape index (κ3) is 8.70. The lowest BCUT2D eigenvalue weighted by Crippen LogP contribution is -2.24. The third-order valence-electron chi connectivity index (χ3n) is 25.5. The molecule has 0 saturated heterocycles. The Bertz CT molecular complexity index is 8090. The molecule has 116 heavy (non-hydrogen) atoms. The van der Waals surface area contributed by atoms with Crippen molar-refractivity contribution in [3.05, 3.63) is 411 Å². The molecule has 0 fully saturated rings. The highest BCUT2D eigenvalue weighted by atomic mass is 15.2. The van der Waals surface area contributed by atoms with Crippen LogP contribution in [0.2, 0.25) is 0 Å². The highest BCUT2D eigenvalue weighted by Gasteiger charge is 2.44. The summed E-state index contributed by atoms with van der Waals surface area (Å²) in [6.45, 7) is 0. The first-order chi connectivity index (χ1) is 57.6. The summed E-state index contributed by atoms with van der Waals surface area (Å²) in [5.41, 5.74) is 30.8. The molecule has 0 spiro atoms. The molecule has 8 nitrogen and oxygen atoms in total. The Balaban J connectivity index is 0.805. The minimum atomic E-state index is -0.0262. The van der Waals surface area contributed by atoms with Gasteiger partial charge in [-0.3, -0.25) is 0 Å². The minimum Gasteiger partial charge on any atom is -0.333 e. The van der Waals surface area contributed by atoms with Crippen molar-refractivity contribution in [1.29, 1.82) is 0 Å². The van der Waals surface area contributed by atoms with Crippen LogP contribution in [0.4, 0.5) is 11.4 Å². The molecule has 17 aromatic carbocycles. The van der Waals surface area contributed by atoms with E-state index in [9.17, 15) is 0 Å². The summed E-state index contributed by atoms with van der Waals surface area (Å²) in [4.78, 5) is 2.61. The Hall–Kier alpha value is -15.4. The molecule has 24 aromatic rings. The third-order valence-corrected chi connectivity index (χ3v) is 25.5. The van der Waals surface area contributed by atoms with Crippen LogP contribution >= 0.6 is 0 Å². The van der Waals surface area contributed by atoms with Gasteiger partial charge in [-0.15, -0.1) is 0 Å². The topological polar surface area (TPSA) is 37.8 Å². The molecule has 2 atom stereocenters. The largest absolute Gasteiger partial charge is 0.333 e. The Labute approximate surface area is 665 Å². The van der Waals surface area contributed by atoms with Crippen LogP contribution in [-0.2, 0) is 0 Å². The fourth-order valence-electron chi connectivity index (χ4n) is 21.0. The molecule has 0 bridgehead atoms. The van der Waals surface area contributed by atoms with Crippen LogP contribution < -0.4 is 4.90 Å². The zero-order valence-electron chi connectivity index (χ0n) is 62.8. The van der Waals surface area contributed by atoms with E-state index in [0.717, 1.165) is 89.6 Å². The molecule has 1 aliphatic carbocycles. The maximum absolute atomic E-state index is 2.61. The predicted molar refractivity (Wildman–Crippen MR) is 484 cm³/mol. The van der Waals surface area contributed by atoms with E-state index in [2.05, 4.69) is 437 Å². The molecule has 0 amide bonds. The lowest BCUT2D eigenvalue weighted by Gasteiger charge is -2.32. The monoisotopic (exact) mass is 1480 g/mol. The summed E-state index contributed by atoms with van der Waals surface area (Å²) in [5, 5.41) is 15.7. The van der Waals surface area contributed by atoms with Gasteiger partial charge < -0.3 is 36.9 Å². The number of anilines is 2. The molecule has 26 rings (SSSR count). The van der Waals surface area contributed by atoms with Crippen molar-refractivity contribution in [3.8, 4) is 50.9 Å². The van der Waals surface area contributed by atoms with Gasteiger partial charge in [0.05, 0.1) is 83.5 Å². The van der Waals surface area contributed by atoms with Crippen molar-refractivity contribution < 1.29 is 0 Å².